The van der Waals surface area contributed by atoms with E-state index in [0.717, 1.165) is 6.26 Å². The third kappa shape index (κ3) is 4.53. The van der Waals surface area contributed by atoms with Crippen molar-refractivity contribution in [3.05, 3.63) is 82.3 Å². The van der Waals surface area contributed by atoms with Crippen LogP contribution in [0.1, 0.15) is 35.3 Å². The molecule has 4 aromatic rings. The van der Waals surface area contributed by atoms with Crippen molar-refractivity contribution >= 4 is 26.6 Å². The number of benzene rings is 1. The summed E-state index contributed by atoms with van der Waals surface area (Å²) in [6, 6.07) is 7.74. The molecule has 3 aromatic heterocycles. The maximum absolute atomic E-state index is 13.3. The van der Waals surface area contributed by atoms with E-state index in [1.807, 2.05) is 0 Å². The Hall–Kier alpha value is -3.86. The molecule has 1 unspecified atom stereocenters. The number of rotatable bonds is 6. The van der Waals surface area contributed by atoms with Crippen molar-refractivity contribution in [2.75, 3.05) is 6.26 Å². The van der Waals surface area contributed by atoms with E-state index >= 15 is 0 Å². The third-order valence-corrected chi connectivity index (χ3v) is 6.19. The fourth-order valence-corrected chi connectivity index (χ4v) is 4.14. The van der Waals surface area contributed by atoms with Gasteiger partial charge in [0.05, 0.1) is 35.2 Å². The van der Waals surface area contributed by atoms with Crippen molar-refractivity contribution in [2.45, 2.75) is 24.4 Å². The molecule has 9 nitrogen and oxygen atoms in total. The first-order chi connectivity index (χ1) is 15.7. The summed E-state index contributed by atoms with van der Waals surface area (Å²) in [5.41, 5.74) is 1.21. The predicted octanol–water partition coefficient (Wildman–Crippen LogP) is 2.53. The Balaban J connectivity index is 1.68. The zero-order valence-electron chi connectivity index (χ0n) is 17.7. The maximum Gasteiger partial charge on any atom is 0.254 e. The number of amides is 1. The number of aromatic amines is 1. The summed E-state index contributed by atoms with van der Waals surface area (Å²) in [4.78, 5) is 31.5. The molecule has 11 heteroatoms. The molecule has 0 aliphatic heterocycles. The number of sulfone groups is 1. The Kier molecular flexibility index (Phi) is 5.81. The van der Waals surface area contributed by atoms with Crippen LogP contribution in [0.2, 0.25) is 0 Å². The number of hydrogen-bond acceptors (Lipinski definition) is 6. The third-order valence-electron chi connectivity index (χ3n) is 5.17. The second kappa shape index (κ2) is 8.58. The number of aromatic nitrogens is 4. The molecule has 4 rings (SSSR count). The van der Waals surface area contributed by atoms with Gasteiger partial charge in [0.2, 0.25) is 5.56 Å². The largest absolute Gasteiger partial charge is 0.345 e. The van der Waals surface area contributed by atoms with E-state index in [-0.39, 0.29) is 16.4 Å². The van der Waals surface area contributed by atoms with E-state index in [9.17, 15) is 22.4 Å². The molecule has 0 spiro atoms. The van der Waals surface area contributed by atoms with Crippen molar-refractivity contribution in [3.8, 4) is 5.69 Å². The minimum Gasteiger partial charge on any atom is -0.345 e. The van der Waals surface area contributed by atoms with Crippen LogP contribution in [0.25, 0.3) is 16.6 Å². The highest BCUT2D eigenvalue weighted by atomic mass is 32.2. The molecule has 0 bridgehead atoms. The molecule has 0 aliphatic rings. The van der Waals surface area contributed by atoms with Crippen molar-refractivity contribution in [1.29, 1.82) is 0 Å². The van der Waals surface area contributed by atoms with Gasteiger partial charge in [-0.15, -0.1) is 0 Å². The van der Waals surface area contributed by atoms with E-state index in [2.05, 4.69) is 20.4 Å². The quantitative estimate of drug-likeness (QED) is 0.447. The molecule has 2 N–H and O–H groups in total. The molecule has 0 saturated heterocycles. The van der Waals surface area contributed by atoms with Gasteiger partial charge in [-0.1, -0.05) is 6.92 Å². The minimum absolute atomic E-state index is 0.220. The SMILES string of the molecule is CCC(NC(=O)c1cncc2c1cnn2-c1ccc(F)cc1)c1cc(S(C)(=O)=O)[nH]c(=O)c1. The van der Waals surface area contributed by atoms with Crippen LogP contribution in [0.3, 0.4) is 0 Å². The number of carbonyl (C=O) groups is 1. The van der Waals surface area contributed by atoms with Crippen molar-refractivity contribution in [2.24, 2.45) is 0 Å². The van der Waals surface area contributed by atoms with Gasteiger partial charge in [-0.05, 0) is 42.3 Å². The standard InChI is InChI=1S/C22H20FN5O4S/c1-3-18(13-8-20(29)27-21(9-13)33(2,31)32)26-22(30)17-10-24-12-19-16(17)11-25-28(19)15-6-4-14(23)5-7-15/h4-12,18H,3H2,1-2H3,(H,26,30)(H,27,29). The summed E-state index contributed by atoms with van der Waals surface area (Å²) in [5, 5.41) is 7.46. The van der Waals surface area contributed by atoms with Crippen molar-refractivity contribution in [3.63, 3.8) is 0 Å². The molecular formula is C22H20FN5O4S. The molecular weight excluding hydrogens is 449 g/mol. The Bertz CT molecular complexity index is 1510. The van der Waals surface area contributed by atoms with E-state index in [1.54, 1.807) is 29.9 Å². The zero-order valence-corrected chi connectivity index (χ0v) is 18.6. The fourth-order valence-electron chi connectivity index (χ4n) is 3.51. The lowest BCUT2D eigenvalue weighted by Gasteiger charge is -2.18. The van der Waals surface area contributed by atoms with Gasteiger partial charge in [0.15, 0.2) is 9.84 Å². The molecule has 0 aliphatic carbocycles. The maximum atomic E-state index is 13.3. The van der Waals surface area contributed by atoms with Crippen molar-refractivity contribution in [1.82, 2.24) is 25.1 Å². The molecule has 33 heavy (non-hydrogen) atoms. The highest BCUT2D eigenvalue weighted by Gasteiger charge is 2.20. The normalized spacial score (nSPS) is 12.6. The summed E-state index contributed by atoms with van der Waals surface area (Å²) in [7, 11) is -3.64. The van der Waals surface area contributed by atoms with Gasteiger partial charge in [0.1, 0.15) is 10.8 Å². The number of nitrogens with one attached hydrogen (secondary N) is 2. The van der Waals surface area contributed by atoms with Crippen molar-refractivity contribution < 1.29 is 17.6 Å². The van der Waals surface area contributed by atoms with Crippen LogP contribution < -0.4 is 10.9 Å². The monoisotopic (exact) mass is 469 g/mol. The first-order valence-electron chi connectivity index (χ1n) is 10.00. The van der Waals surface area contributed by atoms with Gasteiger partial charge >= 0.3 is 0 Å². The lowest BCUT2D eigenvalue weighted by Crippen LogP contribution is -2.29. The average molecular weight is 469 g/mol. The van der Waals surface area contributed by atoms with E-state index < -0.39 is 27.3 Å². The van der Waals surface area contributed by atoms with E-state index in [0.29, 0.717) is 28.6 Å². The van der Waals surface area contributed by atoms with Gasteiger partial charge < -0.3 is 10.3 Å². The Morgan fingerprint density at radius 2 is 1.91 bits per heavy atom. The molecule has 1 amide bonds. The average Bonchev–Trinajstić information content (AvgIpc) is 3.21. The topological polar surface area (TPSA) is 127 Å². The van der Waals surface area contributed by atoms with Crippen LogP contribution in [0.4, 0.5) is 4.39 Å². The lowest BCUT2D eigenvalue weighted by atomic mass is 10.0. The van der Waals surface area contributed by atoms with Crippen LogP contribution >= 0.6 is 0 Å². The molecule has 1 aromatic carbocycles. The minimum atomic E-state index is -3.64. The highest BCUT2D eigenvalue weighted by Crippen LogP contribution is 2.23. The van der Waals surface area contributed by atoms with E-state index in [1.165, 1.54) is 36.7 Å². The summed E-state index contributed by atoms with van der Waals surface area (Å²) in [6.45, 7) is 1.80. The van der Waals surface area contributed by atoms with Crippen LogP contribution in [0.15, 0.2) is 64.8 Å². The van der Waals surface area contributed by atoms with Crippen LogP contribution in [-0.2, 0) is 9.84 Å². The lowest BCUT2D eigenvalue weighted by molar-refractivity contribution is 0.0937. The van der Waals surface area contributed by atoms with Gasteiger partial charge in [-0.2, -0.15) is 5.10 Å². The molecule has 0 radical (unpaired) electrons. The molecule has 0 saturated carbocycles. The summed E-state index contributed by atoms with van der Waals surface area (Å²) < 4.78 is 38.6. The molecule has 170 valence electrons. The Labute approximate surface area is 188 Å². The van der Waals surface area contributed by atoms with Gasteiger partial charge in [-0.25, -0.2) is 17.5 Å². The molecule has 0 fully saturated rings. The first-order valence-corrected chi connectivity index (χ1v) is 11.9. The molecule has 1 atom stereocenters. The van der Waals surface area contributed by atoms with Gasteiger partial charge in [0.25, 0.3) is 5.91 Å². The number of pyridine rings is 2. The second-order valence-electron chi connectivity index (χ2n) is 7.50. The smallest absolute Gasteiger partial charge is 0.254 e. The van der Waals surface area contributed by atoms with Crippen LogP contribution in [-0.4, -0.2) is 40.3 Å². The highest BCUT2D eigenvalue weighted by molar-refractivity contribution is 7.90. The number of nitrogens with zero attached hydrogens (tertiary/aromatic N) is 3. The van der Waals surface area contributed by atoms with E-state index in [4.69, 9.17) is 0 Å². The Morgan fingerprint density at radius 3 is 2.58 bits per heavy atom. The number of H-pyrrole nitrogens is 1. The summed E-state index contributed by atoms with van der Waals surface area (Å²) in [5.74, 6) is -0.836. The summed E-state index contributed by atoms with van der Waals surface area (Å²) in [6.07, 6.45) is 5.88. The predicted molar refractivity (Wildman–Crippen MR) is 119 cm³/mol. The molecule has 3 heterocycles. The summed E-state index contributed by atoms with van der Waals surface area (Å²) >= 11 is 0. The number of fused-ring (bicyclic) bond motifs is 1. The van der Waals surface area contributed by atoms with Crippen LogP contribution in [0, 0.1) is 5.82 Å². The first kappa shape index (κ1) is 22.3. The number of halogens is 1. The number of carbonyl (C=O) groups excluding carboxylic acids is 1. The number of hydrogen-bond donors (Lipinski definition) is 2. The van der Waals surface area contributed by atoms with Gasteiger partial charge in [-0.3, -0.25) is 14.6 Å². The second-order valence-corrected chi connectivity index (χ2v) is 9.49. The fraction of sp³-hybridized carbons (Fsp3) is 0.182. The Morgan fingerprint density at radius 1 is 1.18 bits per heavy atom. The van der Waals surface area contributed by atoms with Crippen LogP contribution in [0.5, 0.6) is 0 Å². The zero-order chi connectivity index (χ0) is 23.8. The van der Waals surface area contributed by atoms with Gasteiger partial charge in [0, 0.05) is 23.9 Å².